The average Bonchev–Trinajstić information content (AvgIpc) is 3.08. The van der Waals surface area contributed by atoms with Crippen LogP contribution in [-0.2, 0) is 14.3 Å². The quantitative estimate of drug-likeness (QED) is 0.537. The highest BCUT2D eigenvalue weighted by atomic mass is 16.5. The third kappa shape index (κ3) is 3.47. The zero-order chi connectivity index (χ0) is 21.8. The maximum Gasteiger partial charge on any atom is 0.306 e. The molecule has 0 spiro atoms. The van der Waals surface area contributed by atoms with Crippen LogP contribution in [0.1, 0.15) is 104 Å². The molecule has 5 aliphatic carbocycles. The van der Waals surface area contributed by atoms with Gasteiger partial charge in [-0.25, -0.2) is 0 Å². The van der Waals surface area contributed by atoms with Crippen molar-refractivity contribution in [1.29, 1.82) is 0 Å². The summed E-state index contributed by atoms with van der Waals surface area (Å²) in [7, 11) is 0. The molecular formula is C27H40O4. The monoisotopic (exact) mass is 428 g/mol. The number of aliphatic hydroxyl groups excluding tert-OH is 1. The molecule has 5 aliphatic rings. The van der Waals surface area contributed by atoms with Crippen LogP contribution in [-0.4, -0.2) is 23.0 Å². The third-order valence-electron chi connectivity index (χ3n) is 10.5. The Morgan fingerprint density at radius 1 is 0.968 bits per heavy atom. The second-order valence-corrected chi connectivity index (χ2v) is 11.9. The summed E-state index contributed by atoms with van der Waals surface area (Å²) in [4.78, 5) is 24.9. The number of fused-ring (bicyclic) bond motifs is 5. The minimum atomic E-state index is -0.0580. The van der Waals surface area contributed by atoms with Gasteiger partial charge < -0.3 is 9.84 Å². The van der Waals surface area contributed by atoms with Crippen LogP contribution in [0, 0.1) is 34.5 Å². The molecular weight excluding hydrogens is 388 g/mol. The molecule has 0 saturated heterocycles. The lowest BCUT2D eigenvalue weighted by Gasteiger charge is -2.57. The van der Waals surface area contributed by atoms with E-state index in [9.17, 15) is 14.7 Å². The Morgan fingerprint density at radius 3 is 2.52 bits per heavy atom. The number of hydrogen-bond donors (Lipinski definition) is 1. The van der Waals surface area contributed by atoms with Gasteiger partial charge in [-0.05, 0) is 92.4 Å². The molecule has 0 bridgehead atoms. The van der Waals surface area contributed by atoms with Crippen LogP contribution >= 0.6 is 0 Å². The highest BCUT2D eigenvalue weighted by molar-refractivity contribution is 5.95. The van der Waals surface area contributed by atoms with Gasteiger partial charge in [0.25, 0.3) is 0 Å². The first kappa shape index (κ1) is 21.5. The third-order valence-corrected chi connectivity index (χ3v) is 10.5. The predicted octanol–water partition coefficient (Wildman–Crippen LogP) is 6.29. The van der Waals surface area contributed by atoms with E-state index in [1.807, 2.05) is 0 Å². The fourth-order valence-corrected chi connectivity index (χ4v) is 8.67. The highest BCUT2D eigenvalue weighted by Crippen LogP contribution is 2.66. The normalized spacial score (nSPS) is 43.2. The average molecular weight is 429 g/mol. The molecule has 6 atom stereocenters. The number of rotatable bonds is 3. The number of carbonyl (C=O) groups excluding carboxylic acids is 2. The minimum Gasteiger partial charge on any atom is -0.504 e. The Bertz CT molecular complexity index is 778. The van der Waals surface area contributed by atoms with E-state index >= 15 is 0 Å². The maximum absolute atomic E-state index is 12.8. The highest BCUT2D eigenvalue weighted by Gasteiger charge is 2.60. The van der Waals surface area contributed by atoms with Gasteiger partial charge in [0.15, 0.2) is 11.5 Å². The molecule has 4 saturated carbocycles. The Hall–Kier alpha value is -1.32. The molecule has 5 rings (SSSR count). The van der Waals surface area contributed by atoms with Gasteiger partial charge in [-0.1, -0.05) is 33.1 Å². The number of ether oxygens (including phenoxy) is 1. The van der Waals surface area contributed by atoms with Gasteiger partial charge in [-0.2, -0.15) is 0 Å². The van der Waals surface area contributed by atoms with E-state index in [0.29, 0.717) is 36.5 Å². The van der Waals surface area contributed by atoms with E-state index in [1.54, 1.807) is 0 Å². The first-order chi connectivity index (χ1) is 14.8. The van der Waals surface area contributed by atoms with Crippen LogP contribution in [0.2, 0.25) is 0 Å². The zero-order valence-corrected chi connectivity index (χ0v) is 19.5. The topological polar surface area (TPSA) is 63.6 Å². The van der Waals surface area contributed by atoms with Crippen molar-refractivity contribution >= 4 is 11.8 Å². The predicted molar refractivity (Wildman–Crippen MR) is 119 cm³/mol. The van der Waals surface area contributed by atoms with Crippen molar-refractivity contribution in [2.24, 2.45) is 34.5 Å². The van der Waals surface area contributed by atoms with Crippen LogP contribution in [0.25, 0.3) is 0 Å². The van der Waals surface area contributed by atoms with E-state index in [1.165, 1.54) is 32.1 Å². The van der Waals surface area contributed by atoms with Crippen molar-refractivity contribution in [2.75, 3.05) is 0 Å². The second-order valence-electron chi connectivity index (χ2n) is 11.9. The van der Waals surface area contributed by atoms with Crippen LogP contribution in [0.15, 0.2) is 11.3 Å². The fraction of sp³-hybridized carbons (Fsp3) is 0.852. The summed E-state index contributed by atoms with van der Waals surface area (Å²) in [6.45, 7) is 4.69. The van der Waals surface area contributed by atoms with Crippen molar-refractivity contribution in [3.05, 3.63) is 11.3 Å². The summed E-state index contributed by atoms with van der Waals surface area (Å²) in [5.74, 6) is 2.36. The molecule has 31 heavy (non-hydrogen) atoms. The number of Topliss-reactive ketones (excluding diaryl/α,β-unsaturated/α-hetero) is 1. The summed E-state index contributed by atoms with van der Waals surface area (Å²) < 4.78 is 6.20. The SMILES string of the molecule is C[C@]12CC[C@H]3[C@@H](CCC4=C(O)C(=O)CC[C@@]43C)[C@@H]1CC[C@@H]2OC(=O)CC1CCCCC1. The molecule has 0 aromatic rings. The van der Waals surface area contributed by atoms with Crippen molar-refractivity contribution in [2.45, 2.75) is 110 Å². The number of esters is 1. The number of hydrogen-bond acceptors (Lipinski definition) is 4. The standard InChI is InChI=1S/C27H40O4/c1-26-15-13-22(28)25(30)21(26)9-8-18-19-10-11-23(27(19,2)14-12-20(18)26)31-24(29)16-17-6-4-3-5-7-17/h17-20,23,30H,3-16H2,1-2H3/t18-,19-,20-,23-,26+,27-/m0/s1. The van der Waals surface area contributed by atoms with Gasteiger partial charge in [0.2, 0.25) is 0 Å². The van der Waals surface area contributed by atoms with Crippen molar-refractivity contribution in [3.63, 3.8) is 0 Å². The van der Waals surface area contributed by atoms with Gasteiger partial charge in [0, 0.05) is 18.3 Å². The first-order valence-electron chi connectivity index (χ1n) is 13.0. The lowest BCUT2D eigenvalue weighted by Crippen LogP contribution is -2.52. The van der Waals surface area contributed by atoms with E-state index < -0.39 is 0 Å². The first-order valence-corrected chi connectivity index (χ1v) is 13.0. The summed E-state index contributed by atoms with van der Waals surface area (Å²) in [5, 5.41) is 10.5. The molecule has 4 fully saturated rings. The van der Waals surface area contributed by atoms with Crippen molar-refractivity contribution in [3.8, 4) is 0 Å². The van der Waals surface area contributed by atoms with E-state index in [0.717, 1.165) is 50.5 Å². The number of aliphatic hydroxyl groups is 1. The number of ketones is 1. The summed E-state index contributed by atoms with van der Waals surface area (Å²) in [6, 6.07) is 0. The molecule has 0 aromatic heterocycles. The Morgan fingerprint density at radius 2 is 1.74 bits per heavy atom. The van der Waals surface area contributed by atoms with Gasteiger partial charge in [-0.15, -0.1) is 0 Å². The summed E-state index contributed by atoms with van der Waals surface area (Å²) >= 11 is 0. The molecule has 0 radical (unpaired) electrons. The molecule has 4 heteroatoms. The molecule has 4 nitrogen and oxygen atoms in total. The van der Waals surface area contributed by atoms with Crippen LogP contribution in [0.5, 0.6) is 0 Å². The largest absolute Gasteiger partial charge is 0.504 e. The summed E-state index contributed by atoms with van der Waals surface area (Å²) in [6.07, 6.45) is 14.6. The number of allylic oxidation sites excluding steroid dienone is 1. The molecule has 1 N–H and O–H groups in total. The van der Waals surface area contributed by atoms with E-state index in [4.69, 9.17) is 4.74 Å². The molecule has 0 aliphatic heterocycles. The second kappa shape index (κ2) is 7.92. The molecule has 0 unspecified atom stereocenters. The van der Waals surface area contributed by atoms with Crippen molar-refractivity contribution < 1.29 is 19.4 Å². The Labute approximate surface area is 187 Å². The molecule has 172 valence electrons. The van der Waals surface area contributed by atoms with E-state index in [2.05, 4.69) is 13.8 Å². The Kier molecular flexibility index (Phi) is 5.50. The minimum absolute atomic E-state index is 0.0298. The van der Waals surface area contributed by atoms with Gasteiger partial charge in [0.05, 0.1) is 0 Å². The van der Waals surface area contributed by atoms with E-state index in [-0.39, 0.29) is 34.4 Å². The molecule has 0 aromatic carbocycles. The number of carbonyl (C=O) groups is 2. The van der Waals surface area contributed by atoms with Gasteiger partial charge in [0.1, 0.15) is 6.10 Å². The lowest BCUT2D eigenvalue weighted by atomic mass is 9.47. The lowest BCUT2D eigenvalue weighted by molar-refractivity contribution is -0.161. The maximum atomic E-state index is 12.8. The smallest absolute Gasteiger partial charge is 0.306 e. The molecule has 0 heterocycles. The van der Waals surface area contributed by atoms with Crippen LogP contribution in [0.3, 0.4) is 0 Å². The zero-order valence-electron chi connectivity index (χ0n) is 19.5. The van der Waals surface area contributed by atoms with Crippen molar-refractivity contribution in [1.82, 2.24) is 0 Å². The van der Waals surface area contributed by atoms with Gasteiger partial charge in [-0.3, -0.25) is 9.59 Å². The van der Waals surface area contributed by atoms with Crippen LogP contribution in [0.4, 0.5) is 0 Å². The summed E-state index contributed by atoms with van der Waals surface area (Å²) in [5.41, 5.74) is 1.10. The molecule has 0 amide bonds. The fourth-order valence-electron chi connectivity index (χ4n) is 8.67. The van der Waals surface area contributed by atoms with Crippen LogP contribution < -0.4 is 0 Å². The Balaban J connectivity index is 1.29. The van der Waals surface area contributed by atoms with Gasteiger partial charge >= 0.3 is 5.97 Å².